The number of ether oxygens (including phenoxy) is 1. The molecule has 1 aromatic heterocycles. The fourth-order valence-corrected chi connectivity index (χ4v) is 4.57. The molecule has 0 radical (unpaired) electrons. The van der Waals surface area contributed by atoms with Gasteiger partial charge < -0.3 is 16.2 Å². The highest BCUT2D eigenvalue weighted by atomic mass is 32.1. The van der Waals surface area contributed by atoms with E-state index in [1.165, 1.54) is 11.3 Å². The van der Waals surface area contributed by atoms with Gasteiger partial charge in [-0.25, -0.2) is 4.79 Å². The Balaban J connectivity index is 1.66. The number of carbonyl (C=O) groups excluding carboxylic acids is 3. The molecule has 0 bridgehead atoms. The Bertz CT molecular complexity index is 992. The molecular formula is C23H27N3O4S. The van der Waals surface area contributed by atoms with Crippen LogP contribution in [0.3, 0.4) is 0 Å². The average Bonchev–Trinajstić information content (AvgIpc) is 3.37. The van der Waals surface area contributed by atoms with Gasteiger partial charge in [0.25, 0.3) is 5.91 Å². The van der Waals surface area contributed by atoms with Crippen molar-refractivity contribution in [1.82, 2.24) is 0 Å². The van der Waals surface area contributed by atoms with Crippen LogP contribution in [0.2, 0.25) is 0 Å². The van der Waals surface area contributed by atoms with Crippen LogP contribution in [-0.2, 0) is 9.53 Å². The van der Waals surface area contributed by atoms with Crippen LogP contribution in [0.5, 0.6) is 0 Å². The van der Waals surface area contributed by atoms with E-state index in [9.17, 15) is 14.4 Å². The summed E-state index contributed by atoms with van der Waals surface area (Å²) in [7, 11) is 0. The summed E-state index contributed by atoms with van der Waals surface area (Å²) < 4.78 is 5.57. The lowest BCUT2D eigenvalue weighted by atomic mass is 10.1. The standard InChI is InChI=1S/C23H27N3O4S/c1-14(22(28)30-17-10-2-3-11-17)6-4-7-15-8-5-9-16(12-15)19-13-18(20(24)27)21(31-19)26-23(25)29/h4-5,7-9,12-14,17H,2-3,6,10-11H2,1H3,(H2,24,27)(H3,25,26,29)/b7-4+/t14-/m0/s1. The van der Waals surface area contributed by atoms with Gasteiger partial charge in [0.2, 0.25) is 0 Å². The van der Waals surface area contributed by atoms with Crippen LogP contribution < -0.4 is 16.8 Å². The van der Waals surface area contributed by atoms with Gasteiger partial charge in [-0.1, -0.05) is 37.3 Å². The van der Waals surface area contributed by atoms with Crippen molar-refractivity contribution in [3.8, 4) is 10.4 Å². The Morgan fingerprint density at radius 3 is 2.65 bits per heavy atom. The van der Waals surface area contributed by atoms with E-state index in [1.807, 2.05) is 43.3 Å². The number of hydrogen-bond donors (Lipinski definition) is 3. The Labute approximate surface area is 185 Å². The minimum Gasteiger partial charge on any atom is -0.462 e. The summed E-state index contributed by atoms with van der Waals surface area (Å²) in [5, 5.41) is 2.77. The van der Waals surface area contributed by atoms with Crippen molar-refractivity contribution in [2.75, 3.05) is 5.32 Å². The van der Waals surface area contributed by atoms with E-state index < -0.39 is 11.9 Å². The van der Waals surface area contributed by atoms with Crippen molar-refractivity contribution >= 4 is 40.3 Å². The number of thiophene rings is 1. The van der Waals surface area contributed by atoms with Gasteiger partial charge in [0.05, 0.1) is 11.5 Å². The summed E-state index contributed by atoms with van der Waals surface area (Å²) in [4.78, 5) is 35.9. The van der Waals surface area contributed by atoms with Gasteiger partial charge in [-0.05, 0) is 55.4 Å². The molecule has 1 aliphatic rings. The number of amides is 3. The largest absolute Gasteiger partial charge is 0.462 e. The van der Waals surface area contributed by atoms with Gasteiger partial charge in [-0.2, -0.15) is 0 Å². The normalized spacial score (nSPS) is 15.1. The number of nitrogens with two attached hydrogens (primary N) is 2. The maximum atomic E-state index is 12.2. The maximum absolute atomic E-state index is 12.2. The summed E-state index contributed by atoms with van der Waals surface area (Å²) in [6.45, 7) is 1.88. The first-order valence-electron chi connectivity index (χ1n) is 10.3. The smallest absolute Gasteiger partial charge is 0.317 e. The molecule has 7 nitrogen and oxygen atoms in total. The lowest BCUT2D eigenvalue weighted by Crippen LogP contribution is -2.21. The molecule has 1 aliphatic carbocycles. The van der Waals surface area contributed by atoms with Crippen molar-refractivity contribution < 1.29 is 19.1 Å². The number of hydrogen-bond acceptors (Lipinski definition) is 5. The molecule has 3 amide bonds. The van der Waals surface area contributed by atoms with E-state index in [1.54, 1.807) is 6.07 Å². The van der Waals surface area contributed by atoms with Crippen molar-refractivity contribution in [1.29, 1.82) is 0 Å². The zero-order chi connectivity index (χ0) is 22.4. The van der Waals surface area contributed by atoms with Gasteiger partial charge in [0.1, 0.15) is 11.1 Å². The van der Waals surface area contributed by atoms with Gasteiger partial charge in [0, 0.05) is 4.88 Å². The van der Waals surface area contributed by atoms with Crippen LogP contribution in [0.1, 0.15) is 54.9 Å². The van der Waals surface area contributed by atoms with Crippen LogP contribution in [0, 0.1) is 5.92 Å². The molecule has 1 atom stereocenters. The van der Waals surface area contributed by atoms with Crippen LogP contribution in [0.15, 0.2) is 36.4 Å². The fraction of sp³-hybridized carbons (Fsp3) is 0.348. The first-order valence-corrected chi connectivity index (χ1v) is 11.1. The zero-order valence-electron chi connectivity index (χ0n) is 17.4. The highest BCUT2D eigenvalue weighted by Crippen LogP contribution is 2.35. The van der Waals surface area contributed by atoms with Crippen molar-refractivity contribution in [2.24, 2.45) is 17.4 Å². The number of esters is 1. The van der Waals surface area contributed by atoms with E-state index in [0.717, 1.165) is 41.7 Å². The van der Waals surface area contributed by atoms with Crippen LogP contribution >= 0.6 is 11.3 Å². The second kappa shape index (κ2) is 10.3. The van der Waals surface area contributed by atoms with E-state index in [-0.39, 0.29) is 23.6 Å². The van der Waals surface area contributed by atoms with Crippen molar-refractivity contribution in [3.63, 3.8) is 0 Å². The summed E-state index contributed by atoms with van der Waals surface area (Å²) >= 11 is 1.23. The Kier molecular flexibility index (Phi) is 7.46. The van der Waals surface area contributed by atoms with Gasteiger partial charge >= 0.3 is 12.0 Å². The summed E-state index contributed by atoms with van der Waals surface area (Å²) in [6, 6.07) is 8.60. The van der Waals surface area contributed by atoms with E-state index in [2.05, 4.69) is 5.32 Å². The predicted octanol–water partition coefficient (Wildman–Crippen LogP) is 4.53. The molecular weight excluding hydrogens is 414 g/mol. The number of carbonyl (C=O) groups is 3. The second-order valence-electron chi connectivity index (χ2n) is 7.71. The minimum atomic E-state index is -0.756. The molecule has 1 aromatic carbocycles. The predicted molar refractivity (Wildman–Crippen MR) is 123 cm³/mol. The number of anilines is 1. The molecule has 31 heavy (non-hydrogen) atoms. The molecule has 0 spiro atoms. The zero-order valence-corrected chi connectivity index (χ0v) is 18.2. The minimum absolute atomic E-state index is 0.0839. The third kappa shape index (κ3) is 6.18. The van der Waals surface area contributed by atoms with Crippen LogP contribution in [0.25, 0.3) is 16.5 Å². The lowest BCUT2D eigenvalue weighted by Gasteiger charge is -2.14. The van der Waals surface area contributed by atoms with E-state index >= 15 is 0 Å². The van der Waals surface area contributed by atoms with Gasteiger partial charge in [-0.3, -0.25) is 14.9 Å². The second-order valence-corrected chi connectivity index (χ2v) is 8.77. The SMILES string of the molecule is C[C@@H](C/C=C/c1cccc(-c2cc(C(N)=O)c(NC(N)=O)s2)c1)C(=O)OC1CCCC1. The number of allylic oxidation sites excluding steroid dienone is 1. The molecule has 8 heteroatoms. The van der Waals surface area contributed by atoms with E-state index in [0.29, 0.717) is 11.4 Å². The molecule has 1 heterocycles. The first kappa shape index (κ1) is 22.6. The molecule has 1 saturated carbocycles. The van der Waals surface area contributed by atoms with Crippen molar-refractivity contribution in [2.45, 2.75) is 45.1 Å². The summed E-state index contributed by atoms with van der Waals surface area (Å²) in [5.74, 6) is -0.976. The van der Waals surface area contributed by atoms with Crippen LogP contribution in [-0.4, -0.2) is 24.0 Å². The Hall–Kier alpha value is -3.13. The summed E-state index contributed by atoms with van der Waals surface area (Å²) in [5.41, 5.74) is 12.6. The fourth-order valence-electron chi connectivity index (χ4n) is 3.51. The molecule has 5 N–H and O–H groups in total. The number of benzene rings is 1. The monoisotopic (exact) mass is 441 g/mol. The average molecular weight is 442 g/mol. The molecule has 164 valence electrons. The molecule has 0 aliphatic heterocycles. The first-order chi connectivity index (χ1) is 14.8. The van der Waals surface area contributed by atoms with Crippen molar-refractivity contribution in [3.05, 3.63) is 47.5 Å². The highest BCUT2D eigenvalue weighted by Gasteiger charge is 2.22. The Morgan fingerprint density at radius 1 is 1.23 bits per heavy atom. The topological polar surface area (TPSA) is 125 Å². The molecule has 0 saturated heterocycles. The quantitative estimate of drug-likeness (QED) is 0.520. The van der Waals surface area contributed by atoms with Gasteiger partial charge in [-0.15, -0.1) is 11.3 Å². The Morgan fingerprint density at radius 2 is 1.97 bits per heavy atom. The molecule has 2 aromatic rings. The number of primary amides is 2. The lowest BCUT2D eigenvalue weighted by molar-refractivity contribution is -0.153. The maximum Gasteiger partial charge on any atom is 0.317 e. The number of nitrogens with one attached hydrogen (secondary N) is 1. The third-order valence-electron chi connectivity index (χ3n) is 5.19. The number of urea groups is 1. The van der Waals surface area contributed by atoms with Gasteiger partial charge in [0.15, 0.2) is 0 Å². The highest BCUT2D eigenvalue weighted by molar-refractivity contribution is 7.20. The summed E-state index contributed by atoms with van der Waals surface area (Å²) in [6.07, 6.45) is 8.79. The molecule has 3 rings (SSSR count). The molecule has 0 unspecified atom stereocenters. The van der Waals surface area contributed by atoms with Crippen LogP contribution in [0.4, 0.5) is 9.80 Å². The third-order valence-corrected chi connectivity index (χ3v) is 6.29. The van der Waals surface area contributed by atoms with E-state index in [4.69, 9.17) is 16.2 Å². The molecule has 1 fully saturated rings. The number of rotatable bonds is 8.